The van der Waals surface area contributed by atoms with E-state index >= 15 is 0 Å². The van der Waals surface area contributed by atoms with Crippen LogP contribution in [-0.4, -0.2) is 58.1 Å². The Hall–Kier alpha value is -2.15. The van der Waals surface area contributed by atoms with E-state index in [1.165, 1.54) is 6.08 Å². The topological polar surface area (TPSA) is 107 Å². The third-order valence-corrected chi connectivity index (χ3v) is 5.75. The lowest BCUT2D eigenvalue weighted by molar-refractivity contribution is -0.145. The van der Waals surface area contributed by atoms with Crippen molar-refractivity contribution in [2.24, 2.45) is 17.8 Å². The van der Waals surface area contributed by atoms with Crippen LogP contribution in [-0.2, 0) is 14.4 Å². The van der Waals surface area contributed by atoms with E-state index in [1.54, 1.807) is 11.9 Å². The van der Waals surface area contributed by atoms with Crippen LogP contribution >= 0.6 is 0 Å². The Morgan fingerprint density at radius 3 is 2.44 bits per heavy atom. The van der Waals surface area contributed by atoms with E-state index in [1.807, 2.05) is 6.08 Å². The molecule has 2 amide bonds. The molecule has 0 bridgehead atoms. The first-order valence-electron chi connectivity index (χ1n) is 9.48. The third kappa shape index (κ3) is 4.58. The fourth-order valence-electron chi connectivity index (χ4n) is 3.93. The van der Waals surface area contributed by atoms with Gasteiger partial charge in [0, 0.05) is 19.5 Å². The van der Waals surface area contributed by atoms with E-state index in [0.29, 0.717) is 13.0 Å². The predicted molar refractivity (Wildman–Crippen MR) is 101 cm³/mol. The minimum atomic E-state index is -1.32. The number of amides is 2. The zero-order valence-corrected chi connectivity index (χ0v) is 15.9. The van der Waals surface area contributed by atoms with Crippen LogP contribution in [0.4, 0.5) is 0 Å². The first-order chi connectivity index (χ1) is 12.8. The predicted octanol–water partition coefficient (Wildman–Crippen LogP) is 1.33. The van der Waals surface area contributed by atoms with Crippen LogP contribution in [0.15, 0.2) is 25.3 Å². The summed E-state index contributed by atoms with van der Waals surface area (Å²) in [5, 5.41) is 22.1. The maximum Gasteiger partial charge on any atom is 0.330 e. The molecule has 150 valence electrons. The average molecular weight is 378 g/mol. The number of aliphatic hydroxyl groups is 1. The van der Waals surface area contributed by atoms with Gasteiger partial charge < -0.3 is 20.4 Å². The molecule has 0 aliphatic heterocycles. The van der Waals surface area contributed by atoms with Gasteiger partial charge in [-0.2, -0.15) is 0 Å². The number of rotatable bonds is 10. The largest absolute Gasteiger partial charge is 0.479 e. The van der Waals surface area contributed by atoms with Crippen LogP contribution in [0.5, 0.6) is 0 Å². The van der Waals surface area contributed by atoms with Crippen molar-refractivity contribution in [1.29, 1.82) is 0 Å². The number of carbonyl (C=O) groups excluding carboxylic acids is 2. The quantitative estimate of drug-likeness (QED) is 0.393. The molecule has 2 saturated carbocycles. The normalized spacial score (nSPS) is 31.8. The van der Waals surface area contributed by atoms with Crippen molar-refractivity contribution in [2.45, 2.75) is 50.2 Å². The summed E-state index contributed by atoms with van der Waals surface area (Å²) in [5.41, 5.74) is -1.32. The van der Waals surface area contributed by atoms with Gasteiger partial charge in [-0.25, -0.2) is 4.79 Å². The number of allylic oxidation sites excluding steroid dienone is 1. The minimum Gasteiger partial charge on any atom is -0.479 e. The Balaban J connectivity index is 2.01. The molecule has 2 fully saturated rings. The Bertz CT molecular complexity index is 619. The summed E-state index contributed by atoms with van der Waals surface area (Å²) in [4.78, 5) is 38.7. The van der Waals surface area contributed by atoms with Gasteiger partial charge in [-0.15, -0.1) is 13.2 Å². The van der Waals surface area contributed by atoms with E-state index in [4.69, 9.17) is 0 Å². The van der Waals surface area contributed by atoms with E-state index < -0.39 is 35.4 Å². The van der Waals surface area contributed by atoms with Crippen molar-refractivity contribution in [3.05, 3.63) is 25.3 Å². The molecule has 2 aliphatic carbocycles. The van der Waals surface area contributed by atoms with Gasteiger partial charge in [0.15, 0.2) is 0 Å². The average Bonchev–Trinajstić information content (AvgIpc) is 3.21. The van der Waals surface area contributed by atoms with Crippen LogP contribution < -0.4 is 5.32 Å². The lowest BCUT2D eigenvalue weighted by atomic mass is 9.93. The molecule has 7 nitrogen and oxygen atoms in total. The summed E-state index contributed by atoms with van der Waals surface area (Å²) in [7, 11) is 1.70. The zero-order chi connectivity index (χ0) is 20.2. The fraction of sp³-hybridized carbons (Fsp3) is 0.650. The van der Waals surface area contributed by atoms with Crippen molar-refractivity contribution < 1.29 is 24.6 Å². The van der Waals surface area contributed by atoms with Crippen LogP contribution in [0.3, 0.4) is 0 Å². The summed E-state index contributed by atoms with van der Waals surface area (Å²) in [6, 6.07) is 0. The summed E-state index contributed by atoms with van der Waals surface area (Å²) >= 11 is 0. The van der Waals surface area contributed by atoms with Gasteiger partial charge >= 0.3 is 5.97 Å². The number of unbranched alkanes of at least 4 members (excludes halogenated alkanes) is 2. The van der Waals surface area contributed by atoms with E-state index in [0.717, 1.165) is 19.3 Å². The first kappa shape index (κ1) is 21.2. The molecule has 0 saturated heterocycles. The summed E-state index contributed by atoms with van der Waals surface area (Å²) in [6.45, 7) is 7.85. The fourth-order valence-corrected chi connectivity index (χ4v) is 3.93. The second kappa shape index (κ2) is 8.69. The Morgan fingerprint density at radius 2 is 1.89 bits per heavy atom. The van der Waals surface area contributed by atoms with Gasteiger partial charge in [0.05, 0.1) is 17.9 Å². The van der Waals surface area contributed by atoms with Crippen molar-refractivity contribution >= 4 is 17.8 Å². The van der Waals surface area contributed by atoms with E-state index in [2.05, 4.69) is 18.5 Å². The van der Waals surface area contributed by atoms with Crippen molar-refractivity contribution in [1.82, 2.24) is 10.2 Å². The van der Waals surface area contributed by atoms with Gasteiger partial charge in [0.1, 0.15) is 5.54 Å². The van der Waals surface area contributed by atoms with Crippen LogP contribution in [0.2, 0.25) is 0 Å². The molecule has 7 heteroatoms. The molecule has 0 aromatic rings. The molecule has 0 spiro atoms. The molecular weight excluding hydrogens is 348 g/mol. The van der Waals surface area contributed by atoms with Crippen LogP contribution in [0, 0.1) is 17.8 Å². The second-order valence-corrected chi connectivity index (χ2v) is 7.69. The van der Waals surface area contributed by atoms with Gasteiger partial charge in [-0.05, 0) is 38.5 Å². The smallest absolute Gasteiger partial charge is 0.330 e. The maximum atomic E-state index is 12.8. The molecule has 0 radical (unpaired) electrons. The number of nitrogens with one attached hydrogen (secondary N) is 1. The highest BCUT2D eigenvalue weighted by Crippen LogP contribution is 2.45. The Labute approximate surface area is 160 Å². The van der Waals surface area contributed by atoms with Crippen LogP contribution in [0.1, 0.15) is 38.5 Å². The second-order valence-electron chi connectivity index (χ2n) is 7.69. The standard InChI is InChI=1S/C20H30N2O5/c1-4-6-7-8-9-22(3)18(25)16-11-14(23)10-15(16)17(24)21-20(19(26)27)12-13(20)5-2/h4-5,13-16,23H,1-2,6-12H2,3H3,(H,21,24)(H,26,27)/t13-,14-,15?,16-,20-/m1/s1. The number of aliphatic carboxylic acids is 1. The summed E-state index contributed by atoms with van der Waals surface area (Å²) in [6.07, 6.45) is 5.97. The van der Waals surface area contributed by atoms with Gasteiger partial charge in [0.25, 0.3) is 0 Å². The molecular formula is C20H30N2O5. The van der Waals surface area contributed by atoms with E-state index in [9.17, 15) is 24.6 Å². The van der Waals surface area contributed by atoms with Gasteiger partial charge in [0.2, 0.25) is 11.8 Å². The SMILES string of the molecule is C=CCCCCN(C)C(=O)[C@@H]1C[C@H](O)CC1C(=O)N[C@]1(C(=O)O)C[C@H]1C=C. The first-order valence-corrected chi connectivity index (χ1v) is 9.48. The lowest BCUT2D eigenvalue weighted by Crippen LogP contribution is -2.49. The molecule has 0 aromatic heterocycles. The highest BCUT2D eigenvalue weighted by Gasteiger charge is 2.61. The Morgan fingerprint density at radius 1 is 1.22 bits per heavy atom. The summed E-state index contributed by atoms with van der Waals surface area (Å²) in [5.74, 6) is -3.41. The number of carboxylic acids is 1. The van der Waals surface area contributed by atoms with Crippen LogP contribution in [0.25, 0.3) is 0 Å². The molecule has 0 aromatic carbocycles. The van der Waals surface area contributed by atoms with Gasteiger partial charge in [-0.3, -0.25) is 9.59 Å². The molecule has 0 heterocycles. The number of hydrogen-bond acceptors (Lipinski definition) is 4. The van der Waals surface area contributed by atoms with Crippen molar-refractivity contribution in [3.8, 4) is 0 Å². The third-order valence-electron chi connectivity index (χ3n) is 5.75. The number of carboxylic acid groups (broad SMARTS) is 1. The number of nitrogens with zero attached hydrogens (tertiary/aromatic N) is 1. The molecule has 3 N–H and O–H groups in total. The minimum absolute atomic E-state index is 0.168. The number of hydrogen-bond donors (Lipinski definition) is 3. The molecule has 2 aliphatic rings. The van der Waals surface area contributed by atoms with Crippen molar-refractivity contribution in [3.63, 3.8) is 0 Å². The van der Waals surface area contributed by atoms with Gasteiger partial charge in [-0.1, -0.05) is 12.2 Å². The highest BCUT2D eigenvalue weighted by molar-refractivity contribution is 5.94. The summed E-state index contributed by atoms with van der Waals surface area (Å²) < 4.78 is 0. The molecule has 27 heavy (non-hydrogen) atoms. The number of aliphatic hydroxyl groups excluding tert-OH is 1. The maximum absolute atomic E-state index is 12.8. The highest BCUT2D eigenvalue weighted by atomic mass is 16.4. The molecule has 5 atom stereocenters. The van der Waals surface area contributed by atoms with E-state index in [-0.39, 0.29) is 24.7 Å². The van der Waals surface area contributed by atoms with Crippen molar-refractivity contribution in [2.75, 3.05) is 13.6 Å². The lowest BCUT2D eigenvalue weighted by Gasteiger charge is -2.25. The molecule has 1 unspecified atom stereocenters. The molecule has 2 rings (SSSR count). The Kier molecular flexibility index (Phi) is 6.81. The monoisotopic (exact) mass is 378 g/mol. The zero-order valence-electron chi connectivity index (χ0n) is 15.9. The number of carbonyl (C=O) groups is 3.